The molecule has 0 amide bonds. The highest BCUT2D eigenvalue weighted by Gasteiger charge is 2.41. The number of methoxy groups -OCH3 is 1. The summed E-state index contributed by atoms with van der Waals surface area (Å²) in [5.74, 6) is 1.61. The Morgan fingerprint density at radius 3 is 2.76 bits per heavy atom. The molecule has 0 fully saturated rings. The average molecular weight is 408 g/mol. The number of nitrogens with zero attached hydrogens (tertiary/aromatic N) is 3. The highest BCUT2D eigenvalue weighted by atomic mass is 35.5. The first-order chi connectivity index (χ1) is 14.1. The minimum absolute atomic E-state index is 0.0591. The highest BCUT2D eigenvalue weighted by Crippen LogP contribution is 2.48. The van der Waals surface area contributed by atoms with E-state index in [0.717, 1.165) is 22.6 Å². The lowest BCUT2D eigenvalue weighted by molar-refractivity contribution is -0.0190. The highest BCUT2D eigenvalue weighted by molar-refractivity contribution is 6.30. The van der Waals surface area contributed by atoms with Gasteiger partial charge < -0.3 is 14.6 Å². The molecule has 2 atom stereocenters. The first kappa shape index (κ1) is 17.8. The molecule has 2 aliphatic heterocycles. The zero-order valence-corrected chi connectivity index (χ0v) is 16.4. The molecule has 0 saturated heterocycles. The number of pyridine rings is 1. The van der Waals surface area contributed by atoms with Crippen molar-refractivity contribution in [2.24, 2.45) is 5.10 Å². The van der Waals surface area contributed by atoms with Gasteiger partial charge >= 0.3 is 0 Å². The third-order valence-electron chi connectivity index (χ3n) is 5.26. The summed E-state index contributed by atoms with van der Waals surface area (Å²) in [4.78, 5) is 4.10. The maximum Gasteiger partial charge on any atom is 0.213 e. The van der Waals surface area contributed by atoms with Gasteiger partial charge in [-0.3, -0.25) is 4.98 Å². The van der Waals surface area contributed by atoms with Crippen molar-refractivity contribution < 1.29 is 14.6 Å². The molecule has 2 unspecified atom stereocenters. The van der Waals surface area contributed by atoms with E-state index in [-0.39, 0.29) is 11.8 Å². The fourth-order valence-electron chi connectivity index (χ4n) is 3.84. The summed E-state index contributed by atoms with van der Waals surface area (Å²) in [5.41, 5.74) is 3.34. The Morgan fingerprint density at radius 1 is 1.14 bits per heavy atom. The van der Waals surface area contributed by atoms with Gasteiger partial charge in [-0.2, -0.15) is 5.10 Å². The zero-order valence-electron chi connectivity index (χ0n) is 15.6. The fraction of sp³-hybridized carbons (Fsp3) is 0.182. The largest absolute Gasteiger partial charge is 0.507 e. The second-order valence-electron chi connectivity index (χ2n) is 6.96. The number of halogens is 1. The van der Waals surface area contributed by atoms with E-state index in [0.29, 0.717) is 22.8 Å². The molecule has 0 saturated carbocycles. The molecule has 29 heavy (non-hydrogen) atoms. The van der Waals surface area contributed by atoms with Gasteiger partial charge in [-0.05, 0) is 48.5 Å². The topological polar surface area (TPSA) is 67.2 Å². The Balaban J connectivity index is 1.62. The van der Waals surface area contributed by atoms with E-state index in [1.807, 2.05) is 35.3 Å². The first-order valence-electron chi connectivity index (χ1n) is 9.23. The third kappa shape index (κ3) is 3.06. The Bertz CT molecular complexity index is 1100. The van der Waals surface area contributed by atoms with Crippen molar-refractivity contribution in [3.8, 4) is 17.2 Å². The van der Waals surface area contributed by atoms with Crippen molar-refractivity contribution in [3.05, 3.63) is 82.6 Å². The smallest absolute Gasteiger partial charge is 0.213 e. The minimum Gasteiger partial charge on any atom is -0.507 e. The van der Waals surface area contributed by atoms with Crippen LogP contribution in [0.3, 0.4) is 0 Å². The summed E-state index contributed by atoms with van der Waals surface area (Å²) in [7, 11) is 1.60. The Kier molecular flexibility index (Phi) is 4.28. The van der Waals surface area contributed by atoms with Crippen LogP contribution < -0.4 is 9.47 Å². The molecule has 5 rings (SSSR count). The lowest BCUT2D eigenvalue weighted by atomic mass is 9.95. The number of aromatic hydroxyl groups is 1. The molecule has 0 radical (unpaired) electrons. The standard InChI is InChI=1S/C22H18ClN3O3/c1-28-15-3-4-20(27)16(11-15)18-12-19-17-10-14(23)2-5-21(17)29-22(26(19)25-18)13-6-8-24-9-7-13/h2-11,19,22,27H,12H2,1H3. The number of aromatic nitrogens is 1. The molecule has 146 valence electrons. The molecule has 3 aromatic rings. The van der Waals surface area contributed by atoms with E-state index >= 15 is 0 Å². The molecule has 1 N–H and O–H groups in total. The van der Waals surface area contributed by atoms with Crippen LogP contribution >= 0.6 is 11.6 Å². The molecule has 0 aliphatic carbocycles. The molecule has 0 bridgehead atoms. The SMILES string of the molecule is COc1ccc(O)c(C2=NN3C(C2)c2cc(Cl)ccc2OC3c2ccncc2)c1. The van der Waals surface area contributed by atoms with Gasteiger partial charge in [0, 0.05) is 40.5 Å². The second kappa shape index (κ2) is 6.97. The summed E-state index contributed by atoms with van der Waals surface area (Å²) >= 11 is 6.26. The van der Waals surface area contributed by atoms with Crippen LogP contribution in [0.15, 0.2) is 66.0 Å². The molecule has 6 nitrogen and oxygen atoms in total. The van der Waals surface area contributed by atoms with Gasteiger partial charge in [-0.1, -0.05) is 11.6 Å². The van der Waals surface area contributed by atoms with E-state index in [1.54, 1.807) is 37.7 Å². The number of phenols is 1. The van der Waals surface area contributed by atoms with E-state index in [9.17, 15) is 5.11 Å². The number of ether oxygens (including phenoxy) is 2. The Hall–Kier alpha value is -3.25. The van der Waals surface area contributed by atoms with E-state index < -0.39 is 6.23 Å². The lowest BCUT2D eigenvalue weighted by Crippen LogP contribution is -2.33. The van der Waals surface area contributed by atoms with Crippen LogP contribution in [0.2, 0.25) is 5.02 Å². The number of fused-ring (bicyclic) bond motifs is 3. The predicted molar refractivity (Wildman–Crippen MR) is 109 cm³/mol. The molecule has 2 aliphatic rings. The maximum atomic E-state index is 10.4. The van der Waals surface area contributed by atoms with Gasteiger partial charge in [0.05, 0.1) is 18.9 Å². The van der Waals surface area contributed by atoms with Crippen LogP contribution in [0.25, 0.3) is 0 Å². The summed E-state index contributed by atoms with van der Waals surface area (Å²) < 4.78 is 11.6. The number of hydrogen-bond donors (Lipinski definition) is 1. The van der Waals surface area contributed by atoms with Crippen LogP contribution in [-0.2, 0) is 0 Å². The number of hydrazone groups is 1. The summed E-state index contributed by atoms with van der Waals surface area (Å²) in [6.07, 6.45) is 3.68. The van der Waals surface area contributed by atoms with Crippen LogP contribution in [0.5, 0.6) is 17.2 Å². The molecular formula is C22H18ClN3O3. The Labute approximate surface area is 173 Å². The monoisotopic (exact) mass is 407 g/mol. The van der Waals surface area contributed by atoms with Crippen molar-refractivity contribution in [3.63, 3.8) is 0 Å². The maximum absolute atomic E-state index is 10.4. The number of benzene rings is 2. The van der Waals surface area contributed by atoms with Crippen LogP contribution in [0.1, 0.15) is 35.4 Å². The quantitative estimate of drug-likeness (QED) is 0.682. The number of rotatable bonds is 3. The van der Waals surface area contributed by atoms with Gasteiger partial charge in [0.1, 0.15) is 17.2 Å². The van der Waals surface area contributed by atoms with Crippen LogP contribution in [0.4, 0.5) is 0 Å². The third-order valence-corrected chi connectivity index (χ3v) is 5.49. The van der Waals surface area contributed by atoms with E-state index in [1.165, 1.54) is 0 Å². The zero-order chi connectivity index (χ0) is 20.0. The van der Waals surface area contributed by atoms with Crippen molar-refractivity contribution in [1.29, 1.82) is 0 Å². The van der Waals surface area contributed by atoms with Gasteiger partial charge in [-0.15, -0.1) is 0 Å². The number of phenolic OH excluding ortho intramolecular Hbond substituents is 1. The van der Waals surface area contributed by atoms with Crippen LogP contribution in [0, 0.1) is 0 Å². The summed E-state index contributed by atoms with van der Waals surface area (Å²) in [6.45, 7) is 0. The van der Waals surface area contributed by atoms with Crippen molar-refractivity contribution in [2.45, 2.75) is 18.7 Å². The van der Waals surface area contributed by atoms with Gasteiger partial charge in [-0.25, -0.2) is 5.01 Å². The van der Waals surface area contributed by atoms with Crippen LogP contribution in [-0.4, -0.2) is 27.9 Å². The molecule has 3 heterocycles. The lowest BCUT2D eigenvalue weighted by Gasteiger charge is -2.38. The fourth-order valence-corrected chi connectivity index (χ4v) is 4.02. The van der Waals surface area contributed by atoms with E-state index in [4.69, 9.17) is 26.2 Å². The molecule has 1 aromatic heterocycles. The normalized spacial score (nSPS) is 19.8. The van der Waals surface area contributed by atoms with Gasteiger partial charge in [0.2, 0.25) is 6.23 Å². The second-order valence-corrected chi connectivity index (χ2v) is 7.40. The molecule has 2 aromatic carbocycles. The number of hydrogen-bond acceptors (Lipinski definition) is 6. The van der Waals surface area contributed by atoms with Crippen molar-refractivity contribution >= 4 is 17.3 Å². The molecule has 7 heteroatoms. The first-order valence-corrected chi connectivity index (χ1v) is 9.61. The predicted octanol–water partition coefficient (Wildman–Crippen LogP) is 4.69. The summed E-state index contributed by atoms with van der Waals surface area (Å²) in [5, 5.41) is 17.9. The van der Waals surface area contributed by atoms with Crippen molar-refractivity contribution in [1.82, 2.24) is 9.99 Å². The molecule has 0 spiro atoms. The van der Waals surface area contributed by atoms with Gasteiger partial charge in [0.25, 0.3) is 0 Å². The van der Waals surface area contributed by atoms with Crippen molar-refractivity contribution in [2.75, 3.05) is 7.11 Å². The molecular weight excluding hydrogens is 390 g/mol. The summed E-state index contributed by atoms with van der Waals surface area (Å²) in [6, 6.07) is 14.5. The average Bonchev–Trinajstić information content (AvgIpc) is 3.20. The van der Waals surface area contributed by atoms with Gasteiger partial charge in [0.15, 0.2) is 0 Å². The Morgan fingerprint density at radius 2 is 1.97 bits per heavy atom. The minimum atomic E-state index is -0.401. The van der Waals surface area contributed by atoms with E-state index in [2.05, 4.69) is 4.98 Å².